The van der Waals surface area contributed by atoms with Crippen molar-refractivity contribution in [2.24, 2.45) is 0 Å². The molecule has 0 bridgehead atoms. The van der Waals surface area contributed by atoms with Crippen LogP contribution < -0.4 is 0 Å². The molecule has 9 heteroatoms. The second-order valence-corrected chi connectivity index (χ2v) is 11.5. The summed E-state index contributed by atoms with van der Waals surface area (Å²) in [5, 5.41) is 9.18. The van der Waals surface area contributed by atoms with Crippen LogP contribution in [-0.4, -0.2) is 48.6 Å². The number of unbranched alkanes of at least 4 members (excludes halogenated alkanes) is 15. The number of hydrogen-bond donors (Lipinski definition) is 2. The van der Waals surface area contributed by atoms with Crippen LogP contribution in [0.4, 0.5) is 0 Å². The molecular formula is C23H48O7P2. The third-order valence-corrected chi connectivity index (χ3v) is 8.06. The van der Waals surface area contributed by atoms with Gasteiger partial charge in [-0.05, 0) is 6.42 Å². The molecule has 32 heavy (non-hydrogen) atoms. The largest absolute Gasteiger partial charge is 0.379 e. The topological polar surface area (TPSA) is 102 Å². The molecule has 0 spiro atoms. The number of aliphatic hydroxyl groups is 1. The van der Waals surface area contributed by atoms with Gasteiger partial charge in [-0.3, -0.25) is 9.13 Å². The minimum absolute atomic E-state index is 0.212. The predicted octanol–water partition coefficient (Wildman–Crippen LogP) is 7.05. The first-order valence-corrected chi connectivity index (χ1v) is 15.1. The molecule has 192 valence electrons. The molecule has 0 heterocycles. The van der Waals surface area contributed by atoms with Crippen LogP contribution in [-0.2, 0) is 23.1 Å². The van der Waals surface area contributed by atoms with Gasteiger partial charge in [-0.2, -0.15) is 0 Å². The van der Waals surface area contributed by atoms with Gasteiger partial charge >= 0.3 is 7.60 Å². The van der Waals surface area contributed by atoms with Crippen molar-refractivity contribution >= 4 is 16.1 Å². The summed E-state index contributed by atoms with van der Waals surface area (Å²) in [4.78, 5) is 9.43. The van der Waals surface area contributed by atoms with E-state index in [1.807, 2.05) is 0 Å². The first-order chi connectivity index (χ1) is 15.5. The average molecular weight is 499 g/mol. The van der Waals surface area contributed by atoms with Crippen LogP contribution in [0.5, 0.6) is 0 Å². The number of ether oxygens (including phenoxy) is 2. The lowest BCUT2D eigenvalue weighted by molar-refractivity contribution is -0.0179. The highest BCUT2D eigenvalue weighted by Crippen LogP contribution is 2.50. The van der Waals surface area contributed by atoms with Crippen LogP contribution >= 0.6 is 16.1 Å². The lowest BCUT2D eigenvalue weighted by Crippen LogP contribution is -2.24. The zero-order chi connectivity index (χ0) is 23.9. The number of methoxy groups -OCH3 is 1. The van der Waals surface area contributed by atoms with E-state index in [1.165, 1.54) is 97.0 Å². The maximum atomic E-state index is 11.6. The maximum Gasteiger partial charge on any atom is 0.368 e. The Morgan fingerprint density at radius 2 is 1.22 bits per heavy atom. The number of rotatable bonds is 25. The van der Waals surface area contributed by atoms with E-state index in [0.29, 0.717) is 6.61 Å². The van der Waals surface area contributed by atoms with Gasteiger partial charge in [-0.1, -0.05) is 103 Å². The summed E-state index contributed by atoms with van der Waals surface area (Å²) in [6, 6.07) is 0. The van der Waals surface area contributed by atoms with Crippen LogP contribution in [0.25, 0.3) is 0 Å². The van der Waals surface area contributed by atoms with E-state index in [0.717, 1.165) is 12.8 Å². The Hall–Kier alpha value is 0.130. The van der Waals surface area contributed by atoms with Crippen LogP contribution in [0.2, 0.25) is 0 Å². The van der Waals surface area contributed by atoms with E-state index in [-0.39, 0.29) is 13.2 Å². The molecule has 3 atom stereocenters. The van der Waals surface area contributed by atoms with Crippen molar-refractivity contribution in [1.82, 2.24) is 0 Å². The fourth-order valence-corrected chi connectivity index (χ4v) is 4.66. The molecule has 0 radical (unpaired) electrons. The maximum absolute atomic E-state index is 11.6. The summed E-state index contributed by atoms with van der Waals surface area (Å²) in [5.74, 6) is 0. The standard InChI is InChI=1S/C23H48O7P2/c1-3-4-5-6-7-8-9-10-11-12-13-14-15-16-17-18-19-29-20-22(28-2)21-30-32(26,27)23(24)31-25/h22-24H,3-21H2,1-2H3,(H,26,27)/t22-,23?/m1/s1. The van der Waals surface area contributed by atoms with E-state index in [4.69, 9.17) is 14.0 Å². The lowest BCUT2D eigenvalue weighted by atomic mass is 10.0. The molecule has 2 unspecified atom stereocenters. The fraction of sp³-hybridized carbons (Fsp3) is 1.00. The van der Waals surface area contributed by atoms with Crippen LogP contribution in [0, 0.1) is 0 Å². The molecule has 0 amide bonds. The number of aliphatic hydroxyl groups excluding tert-OH is 1. The van der Waals surface area contributed by atoms with Gasteiger partial charge in [0.2, 0.25) is 14.0 Å². The second kappa shape index (κ2) is 22.9. The second-order valence-electron chi connectivity index (χ2n) is 8.55. The third kappa shape index (κ3) is 19.6. The van der Waals surface area contributed by atoms with Crippen LogP contribution in [0.3, 0.4) is 0 Å². The fourth-order valence-electron chi connectivity index (χ4n) is 3.47. The monoisotopic (exact) mass is 498 g/mol. The normalized spacial score (nSPS) is 15.6. The van der Waals surface area contributed by atoms with Gasteiger partial charge in [-0.15, -0.1) is 0 Å². The Kier molecular flexibility index (Phi) is 23.0. The zero-order valence-electron chi connectivity index (χ0n) is 20.4. The van der Waals surface area contributed by atoms with Crippen molar-refractivity contribution in [2.75, 3.05) is 26.9 Å². The molecule has 7 nitrogen and oxygen atoms in total. The molecule has 0 saturated carbocycles. The summed E-state index contributed by atoms with van der Waals surface area (Å²) in [6.45, 7) is 2.90. The Balaban J connectivity index is 3.40. The Labute approximate surface area is 197 Å². The summed E-state index contributed by atoms with van der Waals surface area (Å²) in [7, 11) is -3.72. The Bertz CT molecular complexity index is 466. The molecule has 0 fully saturated rings. The summed E-state index contributed by atoms with van der Waals surface area (Å²) >= 11 is 0. The smallest absolute Gasteiger partial charge is 0.368 e. The van der Waals surface area contributed by atoms with Crippen molar-refractivity contribution in [3.63, 3.8) is 0 Å². The van der Waals surface area contributed by atoms with Gasteiger partial charge in [0.25, 0.3) is 0 Å². The average Bonchev–Trinajstić information content (AvgIpc) is 2.79. The van der Waals surface area contributed by atoms with E-state index in [2.05, 4.69) is 6.92 Å². The van der Waals surface area contributed by atoms with Crippen molar-refractivity contribution in [1.29, 1.82) is 0 Å². The van der Waals surface area contributed by atoms with Crippen molar-refractivity contribution in [3.8, 4) is 0 Å². The highest BCUT2D eigenvalue weighted by Gasteiger charge is 2.32. The molecule has 0 aromatic heterocycles. The summed E-state index contributed by atoms with van der Waals surface area (Å²) in [5.41, 5.74) is -1.94. The molecule has 2 N–H and O–H groups in total. The third-order valence-electron chi connectivity index (χ3n) is 5.61. The first-order valence-electron chi connectivity index (χ1n) is 12.6. The molecule has 0 saturated heterocycles. The van der Waals surface area contributed by atoms with Gasteiger partial charge in [0.15, 0.2) is 0 Å². The molecule has 0 rings (SSSR count). The van der Waals surface area contributed by atoms with Gasteiger partial charge in [0.1, 0.15) is 6.10 Å². The van der Waals surface area contributed by atoms with Crippen molar-refractivity contribution in [2.45, 2.75) is 121 Å². The van der Waals surface area contributed by atoms with Gasteiger partial charge in [0.05, 0.1) is 13.2 Å². The lowest BCUT2D eigenvalue weighted by Gasteiger charge is -2.18. The minimum Gasteiger partial charge on any atom is -0.379 e. The van der Waals surface area contributed by atoms with E-state index in [9.17, 15) is 19.1 Å². The predicted molar refractivity (Wildman–Crippen MR) is 131 cm³/mol. The quantitative estimate of drug-likeness (QED) is 0.103. The van der Waals surface area contributed by atoms with Crippen molar-refractivity contribution in [3.05, 3.63) is 0 Å². The molecular weight excluding hydrogens is 450 g/mol. The highest BCUT2D eigenvalue weighted by molar-refractivity contribution is 7.62. The van der Waals surface area contributed by atoms with Crippen LogP contribution in [0.1, 0.15) is 110 Å². The molecule has 0 aromatic carbocycles. The van der Waals surface area contributed by atoms with Crippen LogP contribution in [0.15, 0.2) is 0 Å². The van der Waals surface area contributed by atoms with E-state index in [1.54, 1.807) is 0 Å². The van der Waals surface area contributed by atoms with Gasteiger partial charge in [-0.25, -0.2) is 0 Å². The SMILES string of the molecule is CCCCCCCCCCCCCCCCCCOC[C@H](COP(=O)(O)C(O)P=O)OC. The number of hydrogen-bond acceptors (Lipinski definition) is 6. The molecule has 0 aliphatic carbocycles. The Morgan fingerprint density at radius 3 is 1.62 bits per heavy atom. The highest BCUT2D eigenvalue weighted by atomic mass is 31.2. The summed E-state index contributed by atoms with van der Waals surface area (Å²) < 4.78 is 37.6. The van der Waals surface area contributed by atoms with E-state index >= 15 is 0 Å². The van der Waals surface area contributed by atoms with E-state index < -0.39 is 27.7 Å². The van der Waals surface area contributed by atoms with Gasteiger partial charge < -0.3 is 24.0 Å². The molecule has 0 aliphatic rings. The first kappa shape index (κ1) is 32.1. The zero-order valence-corrected chi connectivity index (χ0v) is 22.2. The Morgan fingerprint density at radius 1 is 0.781 bits per heavy atom. The minimum atomic E-state index is -4.33. The molecule has 0 aliphatic heterocycles. The summed E-state index contributed by atoms with van der Waals surface area (Å²) in [6.07, 6.45) is 20.7. The van der Waals surface area contributed by atoms with Crippen molar-refractivity contribution < 1.29 is 33.1 Å². The van der Waals surface area contributed by atoms with Gasteiger partial charge in [0, 0.05) is 13.7 Å². The molecule has 0 aromatic rings.